The quantitative estimate of drug-likeness (QED) is 0.764. The summed E-state index contributed by atoms with van der Waals surface area (Å²) in [5.74, 6) is 0. The molecule has 0 aromatic heterocycles. The highest BCUT2D eigenvalue weighted by molar-refractivity contribution is 6.38. The van der Waals surface area contributed by atoms with Gasteiger partial charge in [0.05, 0.1) is 15.7 Å². The van der Waals surface area contributed by atoms with Gasteiger partial charge in [0, 0.05) is 6.54 Å². The lowest BCUT2D eigenvalue weighted by atomic mass is 9.68. The molecule has 116 valence electrons. The molecule has 1 heterocycles. The minimum absolute atomic E-state index is 0.488. The fourth-order valence-electron chi connectivity index (χ4n) is 3.97. The van der Waals surface area contributed by atoms with Gasteiger partial charge in [0.15, 0.2) is 0 Å². The standard InChI is InChI=1S/C17H24Cl2N2/c18-14-10-13(11-15(19)16(14)20)12-21-8-6-17(7-9-21)4-2-1-3-5-17/h10-11H,1-9,12,20H2. The number of piperidine rings is 1. The number of hydrogen-bond donors (Lipinski definition) is 1. The lowest BCUT2D eigenvalue weighted by Gasteiger charge is -2.44. The van der Waals surface area contributed by atoms with Gasteiger partial charge in [0.25, 0.3) is 0 Å². The van der Waals surface area contributed by atoms with Crippen LogP contribution in [0.5, 0.6) is 0 Å². The fraction of sp³-hybridized carbons (Fsp3) is 0.647. The summed E-state index contributed by atoms with van der Waals surface area (Å²) in [7, 11) is 0. The number of nitrogens with zero attached hydrogens (tertiary/aromatic N) is 1. The van der Waals surface area contributed by atoms with Crippen LogP contribution in [0.15, 0.2) is 12.1 Å². The molecule has 0 atom stereocenters. The molecule has 1 aliphatic heterocycles. The Labute approximate surface area is 137 Å². The Kier molecular flexibility index (Phi) is 4.68. The van der Waals surface area contributed by atoms with Crippen LogP contribution >= 0.6 is 23.2 Å². The zero-order chi connectivity index (χ0) is 14.9. The molecule has 4 heteroatoms. The van der Waals surface area contributed by atoms with Gasteiger partial charge >= 0.3 is 0 Å². The van der Waals surface area contributed by atoms with E-state index in [2.05, 4.69) is 4.90 Å². The van der Waals surface area contributed by atoms with E-state index in [1.807, 2.05) is 12.1 Å². The van der Waals surface area contributed by atoms with Gasteiger partial charge in [-0.15, -0.1) is 0 Å². The third-order valence-corrected chi connectivity index (χ3v) is 6.00. The number of nitrogens with two attached hydrogens (primary N) is 1. The minimum atomic E-state index is 0.488. The van der Waals surface area contributed by atoms with Gasteiger partial charge in [0.2, 0.25) is 0 Å². The van der Waals surface area contributed by atoms with Gasteiger partial charge in [-0.1, -0.05) is 42.5 Å². The maximum atomic E-state index is 6.13. The van der Waals surface area contributed by atoms with E-state index >= 15 is 0 Å². The zero-order valence-electron chi connectivity index (χ0n) is 12.5. The maximum absolute atomic E-state index is 6.13. The van der Waals surface area contributed by atoms with Crippen molar-refractivity contribution in [2.24, 2.45) is 5.41 Å². The predicted octanol–water partition coefficient (Wildman–Crippen LogP) is 5.12. The normalized spacial score (nSPS) is 22.6. The van der Waals surface area contributed by atoms with Crippen molar-refractivity contribution < 1.29 is 0 Å². The molecule has 1 aromatic rings. The van der Waals surface area contributed by atoms with Crippen LogP contribution in [0.3, 0.4) is 0 Å². The molecule has 0 radical (unpaired) electrons. The molecule has 1 saturated heterocycles. The smallest absolute Gasteiger partial charge is 0.0693 e. The Bertz CT molecular complexity index is 477. The van der Waals surface area contributed by atoms with Crippen LogP contribution in [0.2, 0.25) is 10.0 Å². The summed E-state index contributed by atoms with van der Waals surface area (Å²) in [5, 5.41) is 1.14. The lowest BCUT2D eigenvalue weighted by Crippen LogP contribution is -2.40. The third-order valence-electron chi connectivity index (χ3n) is 5.38. The van der Waals surface area contributed by atoms with E-state index in [0.717, 1.165) is 6.54 Å². The number of hydrogen-bond acceptors (Lipinski definition) is 2. The molecular weight excluding hydrogens is 303 g/mol. The average Bonchev–Trinajstić information content (AvgIpc) is 2.48. The van der Waals surface area contributed by atoms with Crippen LogP contribution in [0.1, 0.15) is 50.5 Å². The van der Waals surface area contributed by atoms with E-state index in [4.69, 9.17) is 28.9 Å². The van der Waals surface area contributed by atoms with Gasteiger partial charge in [-0.05, 0) is 61.9 Å². The van der Waals surface area contributed by atoms with Crippen LogP contribution in [0.4, 0.5) is 5.69 Å². The van der Waals surface area contributed by atoms with Crippen LogP contribution in [0, 0.1) is 5.41 Å². The van der Waals surface area contributed by atoms with Gasteiger partial charge in [-0.2, -0.15) is 0 Å². The lowest BCUT2D eigenvalue weighted by molar-refractivity contribution is 0.0641. The van der Waals surface area contributed by atoms with E-state index in [9.17, 15) is 0 Å². The molecule has 21 heavy (non-hydrogen) atoms. The molecule has 2 aliphatic rings. The first-order valence-electron chi connectivity index (χ1n) is 8.04. The molecule has 2 fully saturated rings. The Hall–Kier alpha value is -0.440. The SMILES string of the molecule is Nc1c(Cl)cc(CN2CCC3(CCCCC3)CC2)cc1Cl. The molecule has 1 aromatic carbocycles. The Balaban J connectivity index is 1.60. The van der Waals surface area contributed by atoms with E-state index in [0.29, 0.717) is 21.1 Å². The van der Waals surface area contributed by atoms with Crippen molar-refractivity contribution in [3.8, 4) is 0 Å². The van der Waals surface area contributed by atoms with E-state index < -0.39 is 0 Å². The summed E-state index contributed by atoms with van der Waals surface area (Å²) in [6, 6.07) is 3.90. The molecule has 2 N–H and O–H groups in total. The summed E-state index contributed by atoms with van der Waals surface area (Å²) < 4.78 is 0. The molecule has 1 aliphatic carbocycles. The number of halogens is 2. The van der Waals surface area contributed by atoms with E-state index in [1.54, 1.807) is 0 Å². The van der Waals surface area contributed by atoms with Crippen molar-refractivity contribution in [3.63, 3.8) is 0 Å². The third kappa shape index (κ3) is 3.49. The number of nitrogen functional groups attached to an aromatic ring is 1. The first-order chi connectivity index (χ1) is 10.1. The first-order valence-corrected chi connectivity index (χ1v) is 8.79. The van der Waals surface area contributed by atoms with Gasteiger partial charge in [-0.25, -0.2) is 0 Å². The molecule has 2 nitrogen and oxygen atoms in total. The zero-order valence-corrected chi connectivity index (χ0v) is 14.0. The van der Waals surface area contributed by atoms with Crippen molar-refractivity contribution in [1.82, 2.24) is 4.90 Å². The molecule has 3 rings (SSSR count). The van der Waals surface area contributed by atoms with E-state index in [1.165, 1.54) is 63.6 Å². The molecule has 0 bridgehead atoms. The largest absolute Gasteiger partial charge is 0.396 e. The average molecular weight is 327 g/mol. The number of anilines is 1. The van der Waals surface area contributed by atoms with Crippen LogP contribution in [-0.2, 0) is 6.54 Å². The summed E-state index contributed by atoms with van der Waals surface area (Å²) in [5.41, 5.74) is 8.11. The highest BCUT2D eigenvalue weighted by atomic mass is 35.5. The number of likely N-dealkylation sites (tertiary alicyclic amines) is 1. The Morgan fingerprint density at radius 2 is 1.52 bits per heavy atom. The maximum Gasteiger partial charge on any atom is 0.0693 e. The topological polar surface area (TPSA) is 29.3 Å². The monoisotopic (exact) mass is 326 g/mol. The van der Waals surface area contributed by atoms with Crippen LogP contribution in [-0.4, -0.2) is 18.0 Å². The Morgan fingerprint density at radius 1 is 0.952 bits per heavy atom. The molecular formula is C17H24Cl2N2. The van der Waals surface area contributed by atoms with Crippen molar-refractivity contribution in [2.75, 3.05) is 18.8 Å². The fourth-order valence-corrected chi connectivity index (χ4v) is 4.51. The Morgan fingerprint density at radius 3 is 2.10 bits per heavy atom. The highest BCUT2D eigenvalue weighted by Gasteiger charge is 2.35. The summed E-state index contributed by atoms with van der Waals surface area (Å²) in [6.07, 6.45) is 9.90. The summed E-state index contributed by atoms with van der Waals surface area (Å²) >= 11 is 12.3. The van der Waals surface area contributed by atoms with Crippen molar-refractivity contribution >= 4 is 28.9 Å². The number of rotatable bonds is 2. The van der Waals surface area contributed by atoms with Crippen LogP contribution < -0.4 is 5.73 Å². The molecule has 0 amide bonds. The predicted molar refractivity (Wildman–Crippen MR) is 90.9 cm³/mol. The van der Waals surface area contributed by atoms with Gasteiger partial charge in [-0.3, -0.25) is 4.90 Å². The second-order valence-electron chi connectivity index (χ2n) is 6.81. The van der Waals surface area contributed by atoms with E-state index in [-0.39, 0.29) is 0 Å². The molecule has 1 spiro atoms. The molecule has 1 saturated carbocycles. The van der Waals surface area contributed by atoms with Crippen LogP contribution in [0.25, 0.3) is 0 Å². The highest BCUT2D eigenvalue weighted by Crippen LogP contribution is 2.44. The second kappa shape index (κ2) is 6.36. The van der Waals surface area contributed by atoms with Crippen molar-refractivity contribution in [2.45, 2.75) is 51.5 Å². The van der Waals surface area contributed by atoms with Crippen molar-refractivity contribution in [1.29, 1.82) is 0 Å². The second-order valence-corrected chi connectivity index (χ2v) is 7.62. The summed E-state index contributed by atoms with van der Waals surface area (Å²) in [6.45, 7) is 3.31. The van der Waals surface area contributed by atoms with Gasteiger partial charge in [0.1, 0.15) is 0 Å². The first kappa shape index (κ1) is 15.5. The van der Waals surface area contributed by atoms with Gasteiger partial charge < -0.3 is 5.73 Å². The van der Waals surface area contributed by atoms with Crippen molar-refractivity contribution in [3.05, 3.63) is 27.7 Å². The number of benzene rings is 1. The molecule has 0 unspecified atom stereocenters. The minimum Gasteiger partial charge on any atom is -0.396 e. The summed E-state index contributed by atoms with van der Waals surface area (Å²) in [4.78, 5) is 2.53.